The summed E-state index contributed by atoms with van der Waals surface area (Å²) < 4.78 is 0. The van der Waals surface area contributed by atoms with Crippen LogP contribution in [0.15, 0.2) is 30.3 Å². The molecular formula is C19H32N2O. The van der Waals surface area contributed by atoms with Crippen LogP contribution in [-0.4, -0.2) is 41.8 Å². The van der Waals surface area contributed by atoms with Crippen molar-refractivity contribution in [2.45, 2.75) is 58.7 Å². The third kappa shape index (κ3) is 5.38. The smallest absolute Gasteiger partial charge is 0.0482 e. The predicted molar refractivity (Wildman–Crippen MR) is 92.8 cm³/mol. The number of rotatable bonds is 8. The van der Waals surface area contributed by atoms with Crippen molar-refractivity contribution in [2.75, 3.05) is 19.7 Å². The van der Waals surface area contributed by atoms with Gasteiger partial charge in [-0.2, -0.15) is 0 Å². The molecule has 1 heterocycles. The maximum absolute atomic E-state index is 9.29. The average Bonchev–Trinajstić information content (AvgIpc) is 2.85. The number of hydrogen-bond donors (Lipinski definition) is 2. The van der Waals surface area contributed by atoms with Gasteiger partial charge in [-0.25, -0.2) is 0 Å². The zero-order valence-electron chi connectivity index (χ0n) is 14.4. The van der Waals surface area contributed by atoms with Crippen molar-refractivity contribution < 1.29 is 5.11 Å². The predicted octanol–water partition coefficient (Wildman–Crippen LogP) is 3.04. The van der Waals surface area contributed by atoms with Gasteiger partial charge in [0.2, 0.25) is 0 Å². The van der Waals surface area contributed by atoms with Gasteiger partial charge in [-0.1, -0.05) is 44.2 Å². The standard InChI is InChI=1S/C19H32N2O/c1-16-12-18(20-11-7-10-19(2,3)15-22)14-21(16)13-17-8-5-4-6-9-17/h4-6,8-9,16,18,20,22H,7,10-15H2,1-3H3. The number of benzene rings is 1. The highest BCUT2D eigenvalue weighted by Crippen LogP contribution is 2.22. The highest BCUT2D eigenvalue weighted by molar-refractivity contribution is 5.15. The molecule has 22 heavy (non-hydrogen) atoms. The summed E-state index contributed by atoms with van der Waals surface area (Å²) >= 11 is 0. The van der Waals surface area contributed by atoms with Gasteiger partial charge in [0.05, 0.1) is 0 Å². The van der Waals surface area contributed by atoms with E-state index in [0.29, 0.717) is 12.1 Å². The number of nitrogens with one attached hydrogen (secondary N) is 1. The Morgan fingerprint density at radius 1 is 1.27 bits per heavy atom. The SMILES string of the molecule is CC1CC(NCCCC(C)(C)CO)CN1Cc1ccccc1. The first-order valence-corrected chi connectivity index (χ1v) is 8.62. The lowest BCUT2D eigenvalue weighted by Gasteiger charge is -2.22. The molecule has 2 rings (SSSR count). The van der Waals surface area contributed by atoms with E-state index in [4.69, 9.17) is 0 Å². The van der Waals surface area contributed by atoms with Crippen LogP contribution in [0.3, 0.4) is 0 Å². The van der Waals surface area contributed by atoms with E-state index in [1.54, 1.807) is 0 Å². The van der Waals surface area contributed by atoms with Crippen LogP contribution in [0.5, 0.6) is 0 Å². The number of hydrogen-bond acceptors (Lipinski definition) is 3. The van der Waals surface area contributed by atoms with Crippen LogP contribution in [0, 0.1) is 5.41 Å². The van der Waals surface area contributed by atoms with Gasteiger partial charge in [-0.15, -0.1) is 0 Å². The Labute approximate surface area is 135 Å². The normalized spacial score (nSPS) is 23.1. The van der Waals surface area contributed by atoms with Crippen LogP contribution in [0.25, 0.3) is 0 Å². The molecule has 1 fully saturated rings. The summed E-state index contributed by atoms with van der Waals surface area (Å²) in [5.41, 5.74) is 1.46. The first-order valence-electron chi connectivity index (χ1n) is 8.62. The maximum Gasteiger partial charge on any atom is 0.0482 e. The van der Waals surface area contributed by atoms with Gasteiger partial charge in [-0.3, -0.25) is 4.90 Å². The first kappa shape index (κ1) is 17.5. The second-order valence-corrected chi connectivity index (χ2v) is 7.58. The van der Waals surface area contributed by atoms with E-state index in [2.05, 4.69) is 61.3 Å². The number of nitrogens with zero attached hydrogens (tertiary/aromatic N) is 1. The molecule has 2 N–H and O–H groups in total. The molecule has 0 bridgehead atoms. The van der Waals surface area contributed by atoms with Gasteiger partial charge in [-0.05, 0) is 43.7 Å². The highest BCUT2D eigenvalue weighted by Gasteiger charge is 2.28. The molecule has 124 valence electrons. The monoisotopic (exact) mass is 304 g/mol. The van der Waals surface area contributed by atoms with Gasteiger partial charge < -0.3 is 10.4 Å². The lowest BCUT2D eigenvalue weighted by Crippen LogP contribution is -2.33. The number of likely N-dealkylation sites (tertiary alicyclic amines) is 1. The molecule has 0 aliphatic carbocycles. The van der Waals surface area contributed by atoms with Crippen molar-refractivity contribution in [3.05, 3.63) is 35.9 Å². The molecule has 1 aliphatic rings. The fourth-order valence-corrected chi connectivity index (χ4v) is 3.24. The Kier molecular flexibility index (Phi) is 6.42. The second-order valence-electron chi connectivity index (χ2n) is 7.58. The van der Waals surface area contributed by atoms with Crippen molar-refractivity contribution in [3.8, 4) is 0 Å². The minimum absolute atomic E-state index is 0.0595. The summed E-state index contributed by atoms with van der Waals surface area (Å²) in [6.07, 6.45) is 3.44. The molecule has 3 nitrogen and oxygen atoms in total. The first-order chi connectivity index (χ1) is 10.5. The van der Waals surface area contributed by atoms with E-state index in [-0.39, 0.29) is 12.0 Å². The van der Waals surface area contributed by atoms with E-state index in [1.807, 2.05) is 0 Å². The van der Waals surface area contributed by atoms with Crippen LogP contribution in [0.1, 0.15) is 45.6 Å². The van der Waals surface area contributed by atoms with Crippen LogP contribution in [0.2, 0.25) is 0 Å². The van der Waals surface area contributed by atoms with Gasteiger partial charge in [0, 0.05) is 31.8 Å². The van der Waals surface area contributed by atoms with E-state index >= 15 is 0 Å². The lowest BCUT2D eigenvalue weighted by atomic mass is 9.89. The Balaban J connectivity index is 1.70. The summed E-state index contributed by atoms with van der Waals surface area (Å²) in [5.74, 6) is 0. The zero-order valence-corrected chi connectivity index (χ0v) is 14.4. The van der Waals surface area contributed by atoms with Crippen molar-refractivity contribution >= 4 is 0 Å². The fourth-order valence-electron chi connectivity index (χ4n) is 3.24. The molecule has 0 saturated carbocycles. The molecule has 1 aromatic rings. The lowest BCUT2D eigenvalue weighted by molar-refractivity contribution is 0.147. The summed E-state index contributed by atoms with van der Waals surface area (Å²) in [4.78, 5) is 2.57. The van der Waals surface area contributed by atoms with Crippen LogP contribution in [0.4, 0.5) is 0 Å². The molecule has 1 aromatic carbocycles. The average molecular weight is 304 g/mol. The van der Waals surface area contributed by atoms with Crippen LogP contribution < -0.4 is 5.32 Å². The molecule has 0 aromatic heterocycles. The molecule has 0 radical (unpaired) electrons. The largest absolute Gasteiger partial charge is 0.396 e. The van der Waals surface area contributed by atoms with E-state index in [9.17, 15) is 5.11 Å². The minimum Gasteiger partial charge on any atom is -0.396 e. The van der Waals surface area contributed by atoms with Gasteiger partial charge in [0.25, 0.3) is 0 Å². The Hall–Kier alpha value is -0.900. The third-order valence-electron chi connectivity index (χ3n) is 4.82. The zero-order chi connectivity index (χ0) is 16.0. The van der Waals surface area contributed by atoms with Crippen molar-refractivity contribution in [2.24, 2.45) is 5.41 Å². The molecule has 1 aliphatic heterocycles. The number of aliphatic hydroxyl groups excluding tert-OH is 1. The summed E-state index contributed by atoms with van der Waals surface area (Å²) in [5, 5.41) is 13.0. The summed E-state index contributed by atoms with van der Waals surface area (Å²) in [7, 11) is 0. The van der Waals surface area contributed by atoms with E-state index in [0.717, 1.165) is 32.5 Å². The van der Waals surface area contributed by atoms with Crippen LogP contribution in [-0.2, 0) is 6.54 Å². The molecular weight excluding hydrogens is 272 g/mol. The topological polar surface area (TPSA) is 35.5 Å². The van der Waals surface area contributed by atoms with E-state index in [1.165, 1.54) is 12.0 Å². The maximum atomic E-state index is 9.29. The molecule has 1 saturated heterocycles. The Bertz CT molecular complexity index is 432. The van der Waals surface area contributed by atoms with Crippen molar-refractivity contribution in [1.29, 1.82) is 0 Å². The summed E-state index contributed by atoms with van der Waals surface area (Å²) in [6.45, 7) is 10.1. The van der Waals surface area contributed by atoms with Crippen LogP contribution >= 0.6 is 0 Å². The second kappa shape index (κ2) is 8.09. The molecule has 3 heteroatoms. The van der Waals surface area contributed by atoms with E-state index < -0.39 is 0 Å². The minimum atomic E-state index is 0.0595. The molecule has 0 spiro atoms. The summed E-state index contributed by atoms with van der Waals surface area (Å²) in [6, 6.07) is 12.0. The van der Waals surface area contributed by atoms with Crippen molar-refractivity contribution in [1.82, 2.24) is 10.2 Å². The highest BCUT2D eigenvalue weighted by atomic mass is 16.3. The van der Waals surface area contributed by atoms with Gasteiger partial charge in [0.1, 0.15) is 0 Å². The molecule has 2 unspecified atom stereocenters. The quantitative estimate of drug-likeness (QED) is 0.725. The van der Waals surface area contributed by atoms with Gasteiger partial charge >= 0.3 is 0 Å². The Morgan fingerprint density at radius 2 is 2.00 bits per heavy atom. The van der Waals surface area contributed by atoms with Crippen molar-refractivity contribution in [3.63, 3.8) is 0 Å². The Morgan fingerprint density at radius 3 is 2.68 bits per heavy atom. The number of aliphatic hydroxyl groups is 1. The molecule has 0 amide bonds. The third-order valence-corrected chi connectivity index (χ3v) is 4.82. The fraction of sp³-hybridized carbons (Fsp3) is 0.684. The molecule has 2 atom stereocenters. The van der Waals surface area contributed by atoms with Gasteiger partial charge in [0.15, 0.2) is 0 Å².